The molecule has 2 rings (SSSR count). The predicted octanol–water partition coefficient (Wildman–Crippen LogP) is 4.02. The van der Waals surface area contributed by atoms with Crippen molar-refractivity contribution in [2.45, 2.75) is 0 Å². The number of methoxy groups -OCH3 is 1. The highest BCUT2D eigenvalue weighted by molar-refractivity contribution is 6.36. The summed E-state index contributed by atoms with van der Waals surface area (Å²) < 4.78 is 15.0. The molecule has 0 saturated heterocycles. The first kappa shape index (κ1) is 18.3. The maximum atomic E-state index is 12.2. The van der Waals surface area contributed by atoms with Gasteiger partial charge in [-0.3, -0.25) is 0 Å². The first-order chi connectivity index (χ1) is 11.5. The molecule has 0 fully saturated rings. The van der Waals surface area contributed by atoms with E-state index in [-0.39, 0.29) is 28.5 Å². The molecule has 0 spiro atoms. The molecule has 5 nitrogen and oxygen atoms in total. The van der Waals surface area contributed by atoms with E-state index in [4.69, 9.17) is 37.4 Å². The molecule has 2 aromatic carbocycles. The normalized spacial score (nSPS) is 10.3. The van der Waals surface area contributed by atoms with Crippen LogP contribution in [0.2, 0.25) is 10.0 Å². The van der Waals surface area contributed by atoms with Crippen LogP contribution < -0.4 is 4.74 Å². The highest BCUT2D eigenvalue weighted by atomic mass is 35.5. The van der Waals surface area contributed by atoms with Gasteiger partial charge in [-0.25, -0.2) is 9.59 Å². The van der Waals surface area contributed by atoms with Gasteiger partial charge < -0.3 is 14.2 Å². The Morgan fingerprint density at radius 3 is 2.50 bits per heavy atom. The van der Waals surface area contributed by atoms with Crippen molar-refractivity contribution >= 4 is 35.1 Å². The van der Waals surface area contributed by atoms with Gasteiger partial charge in [-0.1, -0.05) is 29.3 Å². The Balaban J connectivity index is 2.08. The van der Waals surface area contributed by atoms with E-state index in [0.29, 0.717) is 11.6 Å². The molecule has 0 aliphatic carbocycles. The smallest absolute Gasteiger partial charge is 0.345 e. The van der Waals surface area contributed by atoms with Gasteiger partial charge >= 0.3 is 11.9 Å². The van der Waals surface area contributed by atoms with Crippen LogP contribution in [0.1, 0.15) is 20.7 Å². The van der Waals surface area contributed by atoms with Crippen molar-refractivity contribution in [1.29, 1.82) is 0 Å². The fraction of sp³-hybridized carbons (Fsp3) is 0.176. The fourth-order valence-corrected chi connectivity index (χ4v) is 2.29. The third kappa shape index (κ3) is 4.96. The minimum Gasteiger partial charge on any atom is -0.460 e. The van der Waals surface area contributed by atoms with Crippen LogP contribution >= 0.6 is 23.2 Å². The molecule has 7 heteroatoms. The molecular formula is C17H14Cl2O5. The van der Waals surface area contributed by atoms with Crippen LogP contribution in [0.25, 0.3) is 0 Å². The first-order valence-corrected chi connectivity index (χ1v) is 7.70. The zero-order valence-electron chi connectivity index (χ0n) is 12.8. The maximum Gasteiger partial charge on any atom is 0.345 e. The molecule has 0 unspecified atom stereocenters. The standard InChI is InChI=1S/C17H14Cl2O5/c1-22-7-8-23-16(20)11-3-2-4-13(9-11)24-17(21)14-6-5-12(18)10-15(14)19/h2-6,9-10H,7-8H2,1H3. The monoisotopic (exact) mass is 368 g/mol. The molecule has 0 aromatic heterocycles. The number of carbonyl (C=O) groups is 2. The van der Waals surface area contributed by atoms with E-state index >= 15 is 0 Å². The number of esters is 2. The Bertz CT molecular complexity index is 746. The Labute approximate surface area is 149 Å². The molecule has 0 aliphatic heterocycles. The van der Waals surface area contributed by atoms with Crippen molar-refractivity contribution in [1.82, 2.24) is 0 Å². The van der Waals surface area contributed by atoms with Gasteiger partial charge in [-0.2, -0.15) is 0 Å². The summed E-state index contributed by atoms with van der Waals surface area (Å²) in [6, 6.07) is 10.6. The van der Waals surface area contributed by atoms with E-state index < -0.39 is 11.9 Å². The quantitative estimate of drug-likeness (QED) is 0.437. The second kappa shape index (κ2) is 8.68. The van der Waals surface area contributed by atoms with Gasteiger partial charge in [0.2, 0.25) is 0 Å². The van der Waals surface area contributed by atoms with Crippen molar-refractivity contribution < 1.29 is 23.8 Å². The highest BCUT2D eigenvalue weighted by Crippen LogP contribution is 2.23. The largest absolute Gasteiger partial charge is 0.460 e. The number of ether oxygens (including phenoxy) is 3. The summed E-state index contributed by atoms with van der Waals surface area (Å²) in [5, 5.41) is 0.597. The minimum absolute atomic E-state index is 0.139. The average molecular weight is 369 g/mol. The molecule has 0 N–H and O–H groups in total. The Morgan fingerprint density at radius 1 is 1.00 bits per heavy atom. The van der Waals surface area contributed by atoms with Crippen molar-refractivity contribution in [2.24, 2.45) is 0 Å². The predicted molar refractivity (Wildman–Crippen MR) is 90.0 cm³/mol. The van der Waals surface area contributed by atoms with E-state index in [1.165, 1.54) is 31.4 Å². The van der Waals surface area contributed by atoms with Gasteiger partial charge in [0.05, 0.1) is 22.8 Å². The summed E-state index contributed by atoms with van der Waals surface area (Å²) in [4.78, 5) is 24.0. The van der Waals surface area contributed by atoms with E-state index in [1.54, 1.807) is 18.2 Å². The second-order valence-corrected chi connectivity index (χ2v) is 5.51. The van der Waals surface area contributed by atoms with E-state index in [1.807, 2.05) is 0 Å². The van der Waals surface area contributed by atoms with Crippen LogP contribution in [0, 0.1) is 0 Å². The summed E-state index contributed by atoms with van der Waals surface area (Å²) >= 11 is 11.8. The lowest BCUT2D eigenvalue weighted by atomic mass is 10.2. The number of rotatable bonds is 6. The Morgan fingerprint density at radius 2 is 1.79 bits per heavy atom. The summed E-state index contributed by atoms with van der Waals surface area (Å²) in [7, 11) is 1.51. The van der Waals surface area contributed by atoms with Gasteiger partial charge in [0.25, 0.3) is 0 Å². The summed E-state index contributed by atoms with van der Waals surface area (Å²) in [6.45, 7) is 0.440. The van der Waals surface area contributed by atoms with Crippen LogP contribution in [0.15, 0.2) is 42.5 Å². The van der Waals surface area contributed by atoms with Crippen LogP contribution in [0.4, 0.5) is 0 Å². The third-order valence-electron chi connectivity index (χ3n) is 2.95. The zero-order valence-corrected chi connectivity index (χ0v) is 14.3. The molecule has 0 heterocycles. The van der Waals surface area contributed by atoms with E-state index in [2.05, 4.69) is 0 Å². The van der Waals surface area contributed by atoms with Gasteiger partial charge in [0.1, 0.15) is 12.4 Å². The van der Waals surface area contributed by atoms with E-state index in [9.17, 15) is 9.59 Å². The summed E-state index contributed by atoms with van der Waals surface area (Å²) in [5.74, 6) is -0.983. The SMILES string of the molecule is COCCOC(=O)c1cccc(OC(=O)c2ccc(Cl)cc2Cl)c1. The average Bonchev–Trinajstić information content (AvgIpc) is 2.55. The number of benzene rings is 2. The Kier molecular flexibility index (Phi) is 6.61. The van der Waals surface area contributed by atoms with Crippen molar-refractivity contribution in [2.75, 3.05) is 20.3 Å². The number of hydrogen-bond donors (Lipinski definition) is 0. The van der Waals surface area contributed by atoms with Crippen molar-refractivity contribution in [3.8, 4) is 5.75 Å². The van der Waals surface area contributed by atoms with Crippen molar-refractivity contribution in [3.05, 3.63) is 63.6 Å². The van der Waals surface area contributed by atoms with Crippen molar-refractivity contribution in [3.63, 3.8) is 0 Å². The molecule has 0 atom stereocenters. The topological polar surface area (TPSA) is 61.8 Å². The van der Waals surface area contributed by atoms with Crippen LogP contribution in [-0.4, -0.2) is 32.3 Å². The first-order valence-electron chi connectivity index (χ1n) is 6.94. The van der Waals surface area contributed by atoms with Crippen LogP contribution in [-0.2, 0) is 9.47 Å². The molecule has 126 valence electrons. The number of halogens is 2. The summed E-state index contributed by atoms with van der Waals surface area (Å²) in [5.41, 5.74) is 0.438. The molecule has 24 heavy (non-hydrogen) atoms. The highest BCUT2D eigenvalue weighted by Gasteiger charge is 2.15. The molecular weight excluding hydrogens is 355 g/mol. The van der Waals surface area contributed by atoms with Gasteiger partial charge in [0, 0.05) is 12.1 Å². The molecule has 0 amide bonds. The molecule has 2 aromatic rings. The van der Waals surface area contributed by atoms with Gasteiger partial charge in [-0.15, -0.1) is 0 Å². The summed E-state index contributed by atoms with van der Waals surface area (Å²) in [6.07, 6.45) is 0. The lowest BCUT2D eigenvalue weighted by Gasteiger charge is -2.08. The number of hydrogen-bond acceptors (Lipinski definition) is 5. The van der Waals surface area contributed by atoms with Crippen LogP contribution in [0.3, 0.4) is 0 Å². The van der Waals surface area contributed by atoms with Crippen LogP contribution in [0.5, 0.6) is 5.75 Å². The molecule has 0 radical (unpaired) electrons. The molecule has 0 bridgehead atoms. The lowest BCUT2D eigenvalue weighted by molar-refractivity contribution is 0.0387. The second-order valence-electron chi connectivity index (χ2n) is 4.67. The lowest BCUT2D eigenvalue weighted by Crippen LogP contribution is -2.12. The fourth-order valence-electron chi connectivity index (χ4n) is 1.80. The number of carbonyl (C=O) groups excluding carboxylic acids is 2. The van der Waals surface area contributed by atoms with Gasteiger partial charge in [0.15, 0.2) is 0 Å². The Hall–Kier alpha value is -2.08. The van der Waals surface area contributed by atoms with E-state index in [0.717, 1.165) is 0 Å². The van der Waals surface area contributed by atoms with Gasteiger partial charge in [-0.05, 0) is 36.4 Å². The maximum absolute atomic E-state index is 12.2. The molecule has 0 saturated carbocycles. The third-order valence-corrected chi connectivity index (χ3v) is 3.50. The minimum atomic E-state index is -0.651. The zero-order chi connectivity index (χ0) is 17.5. The molecule has 0 aliphatic rings.